The van der Waals surface area contributed by atoms with E-state index in [0.29, 0.717) is 16.2 Å². The first-order valence-corrected chi connectivity index (χ1v) is 7.44. The van der Waals surface area contributed by atoms with Crippen molar-refractivity contribution in [2.24, 2.45) is 0 Å². The molecule has 0 amide bonds. The fourth-order valence-corrected chi connectivity index (χ4v) is 2.39. The predicted molar refractivity (Wildman–Crippen MR) is 79.2 cm³/mol. The molecule has 0 aliphatic carbocycles. The maximum atomic E-state index is 11.7. The summed E-state index contributed by atoms with van der Waals surface area (Å²) in [6, 6.07) is 0. The van der Waals surface area contributed by atoms with Crippen molar-refractivity contribution in [2.45, 2.75) is 24.2 Å². The average Bonchev–Trinajstić information content (AvgIpc) is 2.78. The number of thiocarbonyl (C=S) groups is 1. The van der Waals surface area contributed by atoms with E-state index in [9.17, 15) is 4.79 Å². The first kappa shape index (κ1) is 15.0. The Balaban J connectivity index is 2.46. The fourth-order valence-electron chi connectivity index (χ4n) is 1.91. The number of methoxy groups -OCH3 is 1. The standard InChI is InChI=1S/C10H16N6O2S2/c1-10(5-6(17)18-3)14-15(2)9(19)12-7-11-8(20-4)13-16(7)10/h14H,5H2,1-4H3,(H,11,12,13,19). The van der Waals surface area contributed by atoms with Crippen LogP contribution >= 0.6 is 24.0 Å². The van der Waals surface area contributed by atoms with Gasteiger partial charge in [0.1, 0.15) is 5.66 Å². The highest BCUT2D eigenvalue weighted by Gasteiger charge is 2.38. The second-order valence-corrected chi connectivity index (χ2v) is 5.62. The Morgan fingerprint density at radius 2 is 2.30 bits per heavy atom. The zero-order chi connectivity index (χ0) is 14.9. The smallest absolute Gasteiger partial charge is 0.309 e. The zero-order valence-corrected chi connectivity index (χ0v) is 13.3. The normalized spacial score (nSPS) is 22.0. The van der Waals surface area contributed by atoms with Crippen molar-refractivity contribution >= 4 is 41.0 Å². The van der Waals surface area contributed by atoms with Crippen molar-refractivity contribution in [1.29, 1.82) is 0 Å². The van der Waals surface area contributed by atoms with Crippen molar-refractivity contribution in [3.05, 3.63) is 0 Å². The summed E-state index contributed by atoms with van der Waals surface area (Å²) in [6.45, 7) is 1.83. The minimum atomic E-state index is -0.828. The quantitative estimate of drug-likeness (QED) is 0.467. The van der Waals surface area contributed by atoms with Gasteiger partial charge in [-0.2, -0.15) is 4.98 Å². The van der Waals surface area contributed by atoms with Gasteiger partial charge in [-0.05, 0) is 25.4 Å². The van der Waals surface area contributed by atoms with Crippen LogP contribution in [0.2, 0.25) is 0 Å². The van der Waals surface area contributed by atoms with E-state index >= 15 is 0 Å². The Hall–Kier alpha value is -1.39. The number of aromatic nitrogens is 3. The largest absolute Gasteiger partial charge is 0.469 e. The Morgan fingerprint density at radius 1 is 1.60 bits per heavy atom. The van der Waals surface area contributed by atoms with Crippen LogP contribution in [0.1, 0.15) is 13.3 Å². The second-order valence-electron chi connectivity index (χ2n) is 4.46. The van der Waals surface area contributed by atoms with E-state index in [-0.39, 0.29) is 12.4 Å². The molecule has 0 fully saturated rings. The highest BCUT2D eigenvalue weighted by atomic mass is 32.2. The lowest BCUT2D eigenvalue weighted by Crippen LogP contribution is -2.54. The van der Waals surface area contributed by atoms with Crippen molar-refractivity contribution in [3.63, 3.8) is 0 Å². The molecular formula is C10H16N6O2S2. The van der Waals surface area contributed by atoms with Crippen LogP contribution in [-0.2, 0) is 15.2 Å². The molecule has 0 saturated heterocycles. The summed E-state index contributed by atoms with van der Waals surface area (Å²) in [4.78, 5) is 16.0. The summed E-state index contributed by atoms with van der Waals surface area (Å²) in [7, 11) is 3.11. The number of anilines is 1. The summed E-state index contributed by atoms with van der Waals surface area (Å²) >= 11 is 6.64. The number of rotatable bonds is 3. The molecule has 20 heavy (non-hydrogen) atoms. The van der Waals surface area contributed by atoms with Crippen LogP contribution in [0.15, 0.2) is 5.16 Å². The summed E-state index contributed by atoms with van der Waals surface area (Å²) in [6.07, 6.45) is 1.97. The SMILES string of the molecule is COC(=O)CC1(C)NN(C)C(=S)Nc2nc(SC)nn21. The Morgan fingerprint density at radius 3 is 2.90 bits per heavy atom. The van der Waals surface area contributed by atoms with Crippen LogP contribution in [0.5, 0.6) is 0 Å². The molecular weight excluding hydrogens is 300 g/mol. The molecule has 2 heterocycles. The van der Waals surface area contributed by atoms with Gasteiger partial charge in [-0.25, -0.2) is 10.1 Å². The lowest BCUT2D eigenvalue weighted by molar-refractivity contribution is -0.144. The predicted octanol–water partition coefficient (Wildman–Crippen LogP) is 0.383. The molecule has 1 aliphatic heterocycles. The molecule has 10 heteroatoms. The summed E-state index contributed by atoms with van der Waals surface area (Å²) in [5.41, 5.74) is 2.32. The number of ether oxygens (including phenoxy) is 1. The Bertz CT molecular complexity index is 548. The molecule has 0 radical (unpaired) electrons. The molecule has 2 rings (SSSR count). The molecule has 1 aromatic rings. The number of nitrogens with zero attached hydrogens (tertiary/aromatic N) is 4. The molecule has 1 atom stereocenters. The molecule has 1 aliphatic rings. The molecule has 1 aromatic heterocycles. The van der Waals surface area contributed by atoms with Crippen LogP contribution in [0.4, 0.5) is 5.95 Å². The number of carbonyl (C=O) groups is 1. The van der Waals surface area contributed by atoms with Crippen LogP contribution in [-0.4, -0.2) is 51.3 Å². The van der Waals surface area contributed by atoms with E-state index in [1.807, 2.05) is 13.2 Å². The maximum Gasteiger partial charge on any atom is 0.309 e. The number of hydrogen-bond acceptors (Lipinski definition) is 7. The number of carbonyl (C=O) groups excluding carboxylic acids is 1. The van der Waals surface area contributed by atoms with Crippen LogP contribution in [0, 0.1) is 0 Å². The van der Waals surface area contributed by atoms with Gasteiger partial charge in [0.2, 0.25) is 11.1 Å². The minimum Gasteiger partial charge on any atom is -0.469 e. The van der Waals surface area contributed by atoms with E-state index in [0.717, 1.165) is 0 Å². The minimum absolute atomic E-state index is 0.0856. The summed E-state index contributed by atoms with van der Waals surface area (Å²) < 4.78 is 6.37. The van der Waals surface area contributed by atoms with Gasteiger partial charge in [0.15, 0.2) is 5.11 Å². The van der Waals surface area contributed by atoms with E-state index in [1.165, 1.54) is 18.9 Å². The van der Waals surface area contributed by atoms with E-state index in [1.54, 1.807) is 16.7 Å². The van der Waals surface area contributed by atoms with Crippen molar-refractivity contribution in [3.8, 4) is 0 Å². The Kier molecular flexibility index (Phi) is 4.16. The first-order chi connectivity index (χ1) is 9.39. The lowest BCUT2D eigenvalue weighted by atomic mass is 10.1. The molecule has 0 saturated carbocycles. The van der Waals surface area contributed by atoms with Gasteiger partial charge in [-0.3, -0.25) is 9.80 Å². The van der Waals surface area contributed by atoms with E-state index in [2.05, 4.69) is 20.8 Å². The van der Waals surface area contributed by atoms with Crippen molar-refractivity contribution in [1.82, 2.24) is 25.2 Å². The zero-order valence-electron chi connectivity index (χ0n) is 11.6. The van der Waals surface area contributed by atoms with Crippen LogP contribution in [0.3, 0.4) is 0 Å². The van der Waals surface area contributed by atoms with Crippen LogP contribution < -0.4 is 10.7 Å². The van der Waals surface area contributed by atoms with Gasteiger partial charge in [0.05, 0.1) is 13.5 Å². The topological polar surface area (TPSA) is 84.3 Å². The number of nitrogens with one attached hydrogen (secondary N) is 2. The number of thioether (sulfide) groups is 1. The molecule has 0 aromatic carbocycles. The molecule has 8 nitrogen and oxygen atoms in total. The number of hydrazine groups is 1. The van der Waals surface area contributed by atoms with Crippen molar-refractivity contribution < 1.29 is 9.53 Å². The van der Waals surface area contributed by atoms with Crippen molar-refractivity contribution in [2.75, 3.05) is 25.7 Å². The third kappa shape index (κ3) is 2.72. The van der Waals surface area contributed by atoms with Gasteiger partial charge >= 0.3 is 5.97 Å². The third-order valence-corrected chi connectivity index (χ3v) is 3.80. The molecule has 0 bridgehead atoms. The monoisotopic (exact) mass is 316 g/mol. The molecule has 2 N–H and O–H groups in total. The number of hydrogen-bond donors (Lipinski definition) is 2. The number of esters is 1. The Labute approximate surface area is 126 Å². The van der Waals surface area contributed by atoms with Gasteiger partial charge in [0, 0.05) is 7.05 Å². The highest BCUT2D eigenvalue weighted by Crippen LogP contribution is 2.26. The summed E-state index contributed by atoms with van der Waals surface area (Å²) in [5.74, 6) is 0.135. The fraction of sp³-hybridized carbons (Fsp3) is 0.600. The van der Waals surface area contributed by atoms with Gasteiger partial charge < -0.3 is 10.1 Å². The lowest BCUT2D eigenvalue weighted by Gasteiger charge is -2.32. The molecule has 0 spiro atoms. The van der Waals surface area contributed by atoms with Gasteiger partial charge in [0.25, 0.3) is 0 Å². The van der Waals surface area contributed by atoms with Crippen LogP contribution in [0.25, 0.3) is 0 Å². The highest BCUT2D eigenvalue weighted by molar-refractivity contribution is 7.98. The average molecular weight is 316 g/mol. The van der Waals surface area contributed by atoms with E-state index < -0.39 is 5.66 Å². The first-order valence-electron chi connectivity index (χ1n) is 5.80. The maximum absolute atomic E-state index is 11.7. The molecule has 1 unspecified atom stereocenters. The number of fused-ring (bicyclic) bond motifs is 1. The van der Waals surface area contributed by atoms with E-state index in [4.69, 9.17) is 17.0 Å². The van der Waals surface area contributed by atoms with Gasteiger partial charge in [-0.1, -0.05) is 11.8 Å². The second kappa shape index (κ2) is 5.54. The van der Waals surface area contributed by atoms with Gasteiger partial charge in [-0.15, -0.1) is 5.10 Å². The molecule has 110 valence electrons. The third-order valence-electron chi connectivity index (χ3n) is 2.89. The summed E-state index contributed by atoms with van der Waals surface area (Å²) in [5, 5.41) is 10.0.